The van der Waals surface area contributed by atoms with Gasteiger partial charge in [0.25, 0.3) is 0 Å². The predicted molar refractivity (Wildman–Crippen MR) is 127 cm³/mol. The summed E-state index contributed by atoms with van der Waals surface area (Å²) in [6.45, 7) is 0.733. The minimum Gasteiger partial charge on any atom is -0.461 e. The molecule has 33 heavy (non-hydrogen) atoms. The lowest BCUT2D eigenvalue weighted by Crippen LogP contribution is -2.04. The summed E-state index contributed by atoms with van der Waals surface area (Å²) in [5, 5.41) is 15.1. The molecule has 6 aromatic rings. The number of rotatable bonds is 6. The largest absolute Gasteiger partial charge is 0.461 e. The van der Waals surface area contributed by atoms with Gasteiger partial charge in [-0.1, -0.05) is 60.7 Å². The third-order valence-electron chi connectivity index (χ3n) is 5.77. The summed E-state index contributed by atoms with van der Waals surface area (Å²) >= 11 is 0. The summed E-state index contributed by atoms with van der Waals surface area (Å²) in [5.41, 5.74) is 5.77. The smallest absolute Gasteiger partial charge is 0.217 e. The van der Waals surface area contributed by atoms with Crippen LogP contribution in [0.15, 0.2) is 89.8 Å². The monoisotopic (exact) mass is 435 g/mol. The number of aryl methyl sites for hydroxylation is 1. The number of benzene rings is 2. The summed E-state index contributed by atoms with van der Waals surface area (Å²) in [5.74, 6) is 1.12. The van der Waals surface area contributed by atoms with Crippen LogP contribution in [0.25, 0.3) is 50.6 Å². The van der Waals surface area contributed by atoms with Gasteiger partial charge >= 0.3 is 0 Å². The first-order chi connectivity index (χ1) is 16.3. The van der Waals surface area contributed by atoms with E-state index in [4.69, 9.17) is 14.4 Å². The molecule has 0 saturated carbocycles. The molecule has 4 heterocycles. The lowest BCUT2D eigenvalue weighted by molar-refractivity contribution is 0.281. The number of fused-ring (bicyclic) bond motifs is 3. The van der Waals surface area contributed by atoms with Crippen LogP contribution in [0, 0.1) is 0 Å². The molecule has 162 valence electrons. The zero-order chi connectivity index (χ0) is 22.2. The summed E-state index contributed by atoms with van der Waals surface area (Å²) in [4.78, 5) is 9.65. The van der Waals surface area contributed by atoms with Gasteiger partial charge in [-0.05, 0) is 29.7 Å². The van der Waals surface area contributed by atoms with Crippen LogP contribution < -0.4 is 0 Å². The molecule has 2 aromatic carbocycles. The second kappa shape index (κ2) is 8.03. The highest BCUT2D eigenvalue weighted by atomic mass is 16.3. The van der Waals surface area contributed by atoms with Crippen molar-refractivity contribution in [2.45, 2.75) is 13.0 Å². The van der Waals surface area contributed by atoms with E-state index in [0.717, 1.165) is 33.4 Å². The molecule has 0 unspecified atom stereocenters. The van der Waals surface area contributed by atoms with E-state index in [1.807, 2.05) is 48.5 Å². The highest BCUT2D eigenvalue weighted by molar-refractivity contribution is 6.09. The van der Waals surface area contributed by atoms with Gasteiger partial charge in [0.1, 0.15) is 12.0 Å². The first-order valence-corrected chi connectivity index (χ1v) is 10.9. The molecule has 0 aliphatic carbocycles. The Bertz CT molecular complexity index is 1530. The molecule has 0 radical (unpaired) electrons. The summed E-state index contributed by atoms with van der Waals surface area (Å²) in [6.07, 6.45) is 3.92. The molecule has 0 fully saturated rings. The molecule has 0 amide bonds. The first kappa shape index (κ1) is 19.5. The van der Waals surface area contributed by atoms with Crippen LogP contribution in [0.3, 0.4) is 0 Å². The maximum Gasteiger partial charge on any atom is 0.217 e. The summed E-state index contributed by atoms with van der Waals surface area (Å²) in [7, 11) is 0. The Morgan fingerprint density at radius 1 is 0.848 bits per heavy atom. The van der Waals surface area contributed by atoms with Gasteiger partial charge in [-0.2, -0.15) is 0 Å². The highest BCUT2D eigenvalue weighted by Gasteiger charge is 2.24. The van der Waals surface area contributed by atoms with Crippen molar-refractivity contribution in [3.8, 4) is 34.0 Å². The molecule has 4 aromatic heterocycles. The fourth-order valence-electron chi connectivity index (χ4n) is 4.37. The normalized spacial score (nSPS) is 11.5. The molecule has 0 saturated heterocycles. The lowest BCUT2D eigenvalue weighted by atomic mass is 9.99. The second-order valence-electron chi connectivity index (χ2n) is 7.81. The van der Waals surface area contributed by atoms with E-state index in [0.29, 0.717) is 30.2 Å². The van der Waals surface area contributed by atoms with Gasteiger partial charge in [-0.3, -0.25) is 0 Å². The van der Waals surface area contributed by atoms with E-state index in [1.54, 1.807) is 17.1 Å². The number of nitrogens with zero attached hydrogens (tertiary/aromatic N) is 5. The van der Waals surface area contributed by atoms with Gasteiger partial charge in [0, 0.05) is 18.7 Å². The van der Waals surface area contributed by atoms with Crippen molar-refractivity contribution in [3.05, 3.63) is 85.4 Å². The number of hydrogen-bond acceptors (Lipinski definition) is 5. The molecule has 0 atom stereocenters. The maximum atomic E-state index is 9.60. The zero-order valence-electron chi connectivity index (χ0n) is 17.8. The second-order valence-corrected chi connectivity index (χ2v) is 7.81. The van der Waals surface area contributed by atoms with Crippen molar-refractivity contribution >= 4 is 16.7 Å². The van der Waals surface area contributed by atoms with E-state index >= 15 is 0 Å². The van der Waals surface area contributed by atoms with Gasteiger partial charge in [0.05, 0.1) is 17.3 Å². The average Bonchev–Trinajstić information content (AvgIpc) is 3.60. The molecule has 0 spiro atoms. The Kier molecular flexibility index (Phi) is 4.74. The maximum absolute atomic E-state index is 9.60. The number of furan rings is 1. The average molecular weight is 435 g/mol. The Hall–Kier alpha value is -4.23. The van der Waals surface area contributed by atoms with E-state index in [1.165, 1.54) is 0 Å². The van der Waals surface area contributed by atoms with Crippen molar-refractivity contribution in [1.29, 1.82) is 0 Å². The Morgan fingerprint density at radius 2 is 1.61 bits per heavy atom. The van der Waals surface area contributed by atoms with Gasteiger partial charge in [0.15, 0.2) is 11.4 Å². The number of aromatic nitrogens is 5. The van der Waals surface area contributed by atoms with Crippen molar-refractivity contribution in [3.63, 3.8) is 0 Å². The van der Waals surface area contributed by atoms with Crippen LogP contribution in [-0.2, 0) is 6.54 Å². The molecule has 0 aliphatic rings. The van der Waals surface area contributed by atoms with Gasteiger partial charge in [0.2, 0.25) is 5.82 Å². The quantitative estimate of drug-likeness (QED) is 0.396. The Balaban J connectivity index is 1.75. The van der Waals surface area contributed by atoms with Gasteiger partial charge < -0.3 is 14.1 Å². The molecule has 6 rings (SSSR count). The minimum absolute atomic E-state index is 0.102. The molecule has 7 heteroatoms. The van der Waals surface area contributed by atoms with E-state index < -0.39 is 0 Å². The summed E-state index contributed by atoms with van der Waals surface area (Å²) < 4.78 is 9.43. The third-order valence-corrected chi connectivity index (χ3v) is 5.77. The standard InChI is InChI=1S/C26H21N5O2/c32-15-8-14-30-23(19-11-5-2-6-12-19)21(18-9-3-1-4-10-18)22-25(30)27-17-31-26(22)28-24(29-31)20-13-7-16-33-20/h1-7,9-13,16-17,32H,8,14-15H2. The fourth-order valence-corrected chi connectivity index (χ4v) is 4.37. The number of hydrogen-bond donors (Lipinski definition) is 1. The molecule has 7 nitrogen and oxygen atoms in total. The Morgan fingerprint density at radius 3 is 2.30 bits per heavy atom. The SMILES string of the molecule is OCCCn1c(-c2ccccc2)c(-c2ccccc2)c2c1ncn1nc(-c3ccco3)nc21. The van der Waals surface area contributed by atoms with Crippen LogP contribution in [0.5, 0.6) is 0 Å². The molecule has 0 aliphatic heterocycles. The van der Waals surface area contributed by atoms with Crippen molar-refractivity contribution in [1.82, 2.24) is 24.1 Å². The minimum atomic E-state index is 0.102. The first-order valence-electron chi connectivity index (χ1n) is 10.9. The van der Waals surface area contributed by atoms with Crippen LogP contribution in [0.1, 0.15) is 6.42 Å². The van der Waals surface area contributed by atoms with Crippen molar-refractivity contribution < 1.29 is 9.52 Å². The van der Waals surface area contributed by atoms with E-state index in [2.05, 4.69) is 33.9 Å². The third kappa shape index (κ3) is 3.21. The van der Waals surface area contributed by atoms with Gasteiger partial charge in [-0.25, -0.2) is 14.5 Å². The molecule has 1 N–H and O–H groups in total. The lowest BCUT2D eigenvalue weighted by Gasteiger charge is -2.12. The molecule has 0 bridgehead atoms. The zero-order valence-corrected chi connectivity index (χ0v) is 17.8. The summed E-state index contributed by atoms with van der Waals surface area (Å²) in [6, 6.07) is 24.2. The Labute approximate surface area is 189 Å². The molecular weight excluding hydrogens is 414 g/mol. The van der Waals surface area contributed by atoms with Crippen LogP contribution >= 0.6 is 0 Å². The predicted octanol–water partition coefficient (Wildman–Crippen LogP) is 5.06. The van der Waals surface area contributed by atoms with Gasteiger partial charge in [-0.15, -0.1) is 5.10 Å². The topological polar surface area (TPSA) is 81.4 Å². The van der Waals surface area contributed by atoms with Crippen LogP contribution in [0.4, 0.5) is 0 Å². The van der Waals surface area contributed by atoms with E-state index in [-0.39, 0.29) is 6.61 Å². The van der Waals surface area contributed by atoms with Crippen molar-refractivity contribution in [2.24, 2.45) is 0 Å². The number of aliphatic hydroxyl groups is 1. The highest BCUT2D eigenvalue weighted by Crippen LogP contribution is 2.42. The molecular formula is C26H21N5O2. The van der Waals surface area contributed by atoms with Crippen molar-refractivity contribution in [2.75, 3.05) is 6.61 Å². The fraction of sp³-hybridized carbons (Fsp3) is 0.115. The number of aliphatic hydroxyl groups excluding tert-OH is 1. The van der Waals surface area contributed by atoms with E-state index in [9.17, 15) is 5.11 Å². The van der Waals surface area contributed by atoms with Crippen LogP contribution in [-0.4, -0.2) is 35.9 Å². The van der Waals surface area contributed by atoms with Crippen LogP contribution in [0.2, 0.25) is 0 Å².